The number of alkyl halides is 3. The fraction of sp³-hybridized carbons (Fsp3) is 0.500. The van der Waals surface area contributed by atoms with Crippen LogP contribution < -0.4 is 10.6 Å². The summed E-state index contributed by atoms with van der Waals surface area (Å²) < 4.78 is 38.4. The van der Waals surface area contributed by atoms with E-state index in [1.165, 1.54) is 0 Å². The molecular formula is C16H19ClF3N3O2. The number of amides is 2. The first kappa shape index (κ1) is 19.5. The molecule has 138 valence electrons. The monoisotopic (exact) mass is 377 g/mol. The quantitative estimate of drug-likeness (QED) is 0.749. The van der Waals surface area contributed by atoms with E-state index in [1.807, 2.05) is 19.0 Å². The van der Waals surface area contributed by atoms with Gasteiger partial charge in [0.05, 0.1) is 16.3 Å². The Morgan fingerprint density at radius 3 is 2.40 bits per heavy atom. The molecule has 1 fully saturated rings. The molecule has 9 heteroatoms. The summed E-state index contributed by atoms with van der Waals surface area (Å²) in [6, 6.07) is 2.66. The minimum atomic E-state index is -4.55. The van der Waals surface area contributed by atoms with E-state index in [2.05, 4.69) is 10.6 Å². The Bertz CT molecular complexity index is 673. The number of hydrogen-bond acceptors (Lipinski definition) is 3. The molecule has 0 unspecified atom stereocenters. The van der Waals surface area contributed by atoms with E-state index >= 15 is 0 Å². The number of hydrogen-bond donors (Lipinski definition) is 2. The zero-order valence-corrected chi connectivity index (χ0v) is 14.6. The van der Waals surface area contributed by atoms with E-state index in [0.29, 0.717) is 25.9 Å². The van der Waals surface area contributed by atoms with Crippen LogP contribution in [0, 0.1) is 5.41 Å². The molecule has 1 aromatic carbocycles. The highest BCUT2D eigenvalue weighted by Gasteiger charge is 2.56. The van der Waals surface area contributed by atoms with Crippen LogP contribution in [-0.2, 0) is 15.8 Å². The molecule has 0 atom stereocenters. The Morgan fingerprint density at radius 2 is 1.88 bits per heavy atom. The van der Waals surface area contributed by atoms with Gasteiger partial charge in [-0.1, -0.05) is 11.6 Å². The number of rotatable bonds is 6. The smallest absolute Gasteiger partial charge is 0.354 e. The predicted molar refractivity (Wildman–Crippen MR) is 88.3 cm³/mol. The molecule has 2 rings (SSSR count). The number of nitrogens with one attached hydrogen (secondary N) is 2. The van der Waals surface area contributed by atoms with Gasteiger partial charge in [-0.2, -0.15) is 13.2 Å². The number of carbonyl (C=O) groups is 2. The fourth-order valence-electron chi connectivity index (χ4n) is 2.28. The van der Waals surface area contributed by atoms with Crippen LogP contribution in [0.15, 0.2) is 18.2 Å². The van der Waals surface area contributed by atoms with Gasteiger partial charge in [0.1, 0.15) is 5.41 Å². The minimum absolute atomic E-state index is 0.0230. The highest BCUT2D eigenvalue weighted by Crippen LogP contribution is 2.47. The minimum Gasteiger partial charge on any atom is -0.354 e. The lowest BCUT2D eigenvalue weighted by molar-refractivity contribution is -0.138. The third-order valence-corrected chi connectivity index (χ3v) is 4.34. The molecule has 1 aliphatic rings. The maximum absolute atomic E-state index is 12.8. The summed E-state index contributed by atoms with van der Waals surface area (Å²) in [5.41, 5.74) is -2.31. The van der Waals surface area contributed by atoms with Gasteiger partial charge in [-0.15, -0.1) is 0 Å². The topological polar surface area (TPSA) is 61.4 Å². The van der Waals surface area contributed by atoms with Crippen molar-refractivity contribution in [2.24, 2.45) is 5.41 Å². The summed E-state index contributed by atoms with van der Waals surface area (Å²) in [5.74, 6) is -1.06. The molecule has 2 amide bonds. The lowest BCUT2D eigenvalue weighted by Crippen LogP contribution is -2.42. The highest BCUT2D eigenvalue weighted by atomic mass is 35.5. The van der Waals surface area contributed by atoms with Crippen LogP contribution in [0.1, 0.15) is 18.4 Å². The number of carbonyl (C=O) groups excluding carboxylic acids is 2. The van der Waals surface area contributed by atoms with Crippen LogP contribution in [-0.4, -0.2) is 43.9 Å². The second kappa shape index (κ2) is 7.21. The molecule has 0 aromatic heterocycles. The Balaban J connectivity index is 2.08. The molecule has 0 spiro atoms. The molecule has 1 aromatic rings. The predicted octanol–water partition coefficient (Wildman–Crippen LogP) is 2.76. The van der Waals surface area contributed by atoms with Crippen molar-refractivity contribution in [2.75, 3.05) is 32.5 Å². The Morgan fingerprint density at radius 1 is 1.24 bits per heavy atom. The molecule has 1 saturated carbocycles. The van der Waals surface area contributed by atoms with Gasteiger partial charge in [0, 0.05) is 13.1 Å². The first-order chi connectivity index (χ1) is 11.6. The van der Waals surface area contributed by atoms with Gasteiger partial charge in [0.25, 0.3) is 0 Å². The average molecular weight is 378 g/mol. The maximum Gasteiger partial charge on any atom is 0.416 e. The average Bonchev–Trinajstić information content (AvgIpc) is 3.29. The highest BCUT2D eigenvalue weighted by molar-refractivity contribution is 6.34. The fourth-order valence-corrected chi connectivity index (χ4v) is 2.45. The molecule has 1 aliphatic carbocycles. The van der Waals surface area contributed by atoms with Gasteiger partial charge >= 0.3 is 6.18 Å². The summed E-state index contributed by atoms with van der Waals surface area (Å²) in [7, 11) is 3.70. The third-order valence-electron chi connectivity index (χ3n) is 4.01. The van der Waals surface area contributed by atoms with Crippen LogP contribution in [0.3, 0.4) is 0 Å². The maximum atomic E-state index is 12.8. The summed E-state index contributed by atoms with van der Waals surface area (Å²) in [5, 5.41) is 5.02. The molecule has 2 N–H and O–H groups in total. The lowest BCUT2D eigenvalue weighted by Gasteiger charge is -2.18. The summed E-state index contributed by atoms with van der Waals surface area (Å²) >= 11 is 5.87. The van der Waals surface area contributed by atoms with Gasteiger partial charge in [0.2, 0.25) is 11.8 Å². The molecular weight excluding hydrogens is 359 g/mol. The molecule has 0 heterocycles. The second-order valence-electron chi connectivity index (χ2n) is 6.29. The number of benzene rings is 1. The van der Waals surface area contributed by atoms with Gasteiger partial charge in [-0.3, -0.25) is 9.59 Å². The van der Waals surface area contributed by atoms with Crippen molar-refractivity contribution in [3.8, 4) is 0 Å². The second-order valence-corrected chi connectivity index (χ2v) is 6.69. The standard InChI is InChI=1S/C16H19ClF3N3O2/c1-23(2)8-7-21-13(24)15(5-6-15)14(25)22-12-9-10(16(18,19)20)3-4-11(12)17/h3-4,9H,5-8H2,1-2H3,(H,21,24)(H,22,25). The molecule has 0 aliphatic heterocycles. The number of likely N-dealkylation sites (N-methyl/N-ethyl adjacent to an activating group) is 1. The van der Waals surface area contributed by atoms with Crippen LogP contribution in [0.25, 0.3) is 0 Å². The first-order valence-corrected chi connectivity index (χ1v) is 8.05. The zero-order valence-electron chi connectivity index (χ0n) is 13.8. The molecule has 25 heavy (non-hydrogen) atoms. The van der Waals surface area contributed by atoms with Crippen LogP contribution in [0.2, 0.25) is 5.02 Å². The van der Waals surface area contributed by atoms with Crippen LogP contribution in [0.4, 0.5) is 18.9 Å². The zero-order chi connectivity index (χ0) is 18.8. The van der Waals surface area contributed by atoms with E-state index in [-0.39, 0.29) is 10.7 Å². The van der Waals surface area contributed by atoms with E-state index in [1.54, 1.807) is 0 Å². The van der Waals surface area contributed by atoms with Gasteiger partial charge in [-0.25, -0.2) is 0 Å². The van der Waals surface area contributed by atoms with Crippen molar-refractivity contribution in [1.29, 1.82) is 0 Å². The van der Waals surface area contributed by atoms with Gasteiger partial charge < -0.3 is 15.5 Å². The number of halogens is 4. The molecule has 0 radical (unpaired) electrons. The first-order valence-electron chi connectivity index (χ1n) is 7.67. The third kappa shape index (κ3) is 4.64. The summed E-state index contributed by atoms with van der Waals surface area (Å²) in [6.45, 7) is 0.994. The van der Waals surface area contributed by atoms with Crippen LogP contribution in [0.5, 0.6) is 0 Å². The largest absolute Gasteiger partial charge is 0.416 e. The Labute approximate surface area is 148 Å². The lowest BCUT2D eigenvalue weighted by atomic mass is 10.0. The van der Waals surface area contributed by atoms with Crippen molar-refractivity contribution >= 4 is 29.1 Å². The number of anilines is 1. The van der Waals surface area contributed by atoms with Crippen molar-refractivity contribution in [3.63, 3.8) is 0 Å². The van der Waals surface area contributed by atoms with Crippen molar-refractivity contribution < 1.29 is 22.8 Å². The Hall–Kier alpha value is -1.80. The summed E-state index contributed by atoms with van der Waals surface area (Å²) in [6.07, 6.45) is -3.85. The van der Waals surface area contributed by atoms with E-state index < -0.39 is 29.0 Å². The van der Waals surface area contributed by atoms with Crippen molar-refractivity contribution in [1.82, 2.24) is 10.2 Å². The van der Waals surface area contributed by atoms with Crippen molar-refractivity contribution in [2.45, 2.75) is 19.0 Å². The van der Waals surface area contributed by atoms with E-state index in [4.69, 9.17) is 11.6 Å². The van der Waals surface area contributed by atoms with Crippen LogP contribution >= 0.6 is 11.6 Å². The normalized spacial score (nSPS) is 15.8. The summed E-state index contributed by atoms with van der Waals surface area (Å²) in [4.78, 5) is 26.6. The van der Waals surface area contributed by atoms with E-state index in [9.17, 15) is 22.8 Å². The molecule has 0 bridgehead atoms. The Kier molecular flexibility index (Phi) is 5.63. The SMILES string of the molecule is CN(C)CCNC(=O)C1(C(=O)Nc2cc(C(F)(F)F)ccc2Cl)CC1. The van der Waals surface area contributed by atoms with Crippen molar-refractivity contribution in [3.05, 3.63) is 28.8 Å². The number of nitrogens with zero attached hydrogens (tertiary/aromatic N) is 1. The van der Waals surface area contributed by atoms with E-state index in [0.717, 1.165) is 18.2 Å². The van der Waals surface area contributed by atoms with Gasteiger partial charge in [0.15, 0.2) is 0 Å². The molecule has 5 nitrogen and oxygen atoms in total. The van der Waals surface area contributed by atoms with Gasteiger partial charge in [-0.05, 0) is 45.1 Å². The molecule has 0 saturated heterocycles.